The standard InChI is InChI=1S/C24H27N3O4/c1-17(28)20-8-9-22-21(14-20)27(23(29)16-31-22)15-18-4-6-19(7-5-18)24(30)25-10-13-26-11-2-3-12-26/h4-9,14H,2-3,10-13,15-16H2,1H3,(H,25,30). The van der Waals surface area contributed by atoms with Crippen molar-refractivity contribution in [3.05, 3.63) is 59.2 Å². The molecule has 7 nitrogen and oxygen atoms in total. The molecule has 0 atom stereocenters. The maximum absolute atomic E-state index is 12.5. The van der Waals surface area contributed by atoms with Crippen molar-refractivity contribution in [3.63, 3.8) is 0 Å². The highest BCUT2D eigenvalue weighted by Gasteiger charge is 2.26. The third-order valence-corrected chi connectivity index (χ3v) is 5.78. The second kappa shape index (κ2) is 9.31. The van der Waals surface area contributed by atoms with Gasteiger partial charge in [0.25, 0.3) is 11.8 Å². The molecular formula is C24H27N3O4. The van der Waals surface area contributed by atoms with E-state index in [4.69, 9.17) is 4.74 Å². The number of fused-ring (bicyclic) bond motifs is 1. The first kappa shape index (κ1) is 21.1. The van der Waals surface area contributed by atoms with Gasteiger partial charge in [0.15, 0.2) is 12.4 Å². The molecule has 0 aliphatic carbocycles. The van der Waals surface area contributed by atoms with E-state index in [1.807, 2.05) is 12.1 Å². The molecule has 0 unspecified atom stereocenters. The van der Waals surface area contributed by atoms with Gasteiger partial charge in [-0.2, -0.15) is 0 Å². The van der Waals surface area contributed by atoms with Crippen LogP contribution in [0.4, 0.5) is 5.69 Å². The van der Waals surface area contributed by atoms with Gasteiger partial charge in [0.2, 0.25) is 0 Å². The Balaban J connectivity index is 1.40. The lowest BCUT2D eigenvalue weighted by atomic mass is 10.1. The number of ether oxygens (including phenoxy) is 1. The summed E-state index contributed by atoms with van der Waals surface area (Å²) in [5, 5.41) is 2.97. The molecule has 2 heterocycles. The summed E-state index contributed by atoms with van der Waals surface area (Å²) in [4.78, 5) is 40.6. The van der Waals surface area contributed by atoms with Crippen molar-refractivity contribution in [2.45, 2.75) is 26.3 Å². The first-order valence-electron chi connectivity index (χ1n) is 10.7. The third-order valence-electron chi connectivity index (χ3n) is 5.78. The number of carbonyl (C=O) groups is 3. The van der Waals surface area contributed by atoms with Gasteiger partial charge in [0.05, 0.1) is 12.2 Å². The fraction of sp³-hybridized carbons (Fsp3) is 0.375. The van der Waals surface area contributed by atoms with Crippen LogP contribution >= 0.6 is 0 Å². The predicted molar refractivity (Wildman–Crippen MR) is 118 cm³/mol. The predicted octanol–water partition coefficient (Wildman–Crippen LogP) is 2.64. The molecule has 31 heavy (non-hydrogen) atoms. The van der Waals surface area contributed by atoms with Crippen LogP contribution in [0.2, 0.25) is 0 Å². The SMILES string of the molecule is CC(=O)c1ccc2c(c1)N(Cc1ccc(C(=O)NCCN3CCCC3)cc1)C(=O)CO2. The fourth-order valence-electron chi connectivity index (χ4n) is 3.97. The van der Waals surface area contributed by atoms with Gasteiger partial charge in [-0.1, -0.05) is 12.1 Å². The van der Waals surface area contributed by atoms with Gasteiger partial charge >= 0.3 is 0 Å². The number of Topliss-reactive ketones (excluding diaryl/α,β-unsaturated/α-hetero) is 1. The van der Waals surface area contributed by atoms with Gasteiger partial charge < -0.3 is 19.9 Å². The number of nitrogens with one attached hydrogen (secondary N) is 1. The Labute approximate surface area is 182 Å². The highest BCUT2D eigenvalue weighted by atomic mass is 16.5. The van der Waals surface area contributed by atoms with E-state index in [1.165, 1.54) is 19.8 Å². The molecule has 2 aromatic rings. The van der Waals surface area contributed by atoms with Gasteiger partial charge in [0, 0.05) is 24.2 Å². The van der Waals surface area contributed by atoms with E-state index >= 15 is 0 Å². The Hall–Kier alpha value is -3.19. The smallest absolute Gasteiger partial charge is 0.265 e. The molecule has 7 heteroatoms. The Morgan fingerprint density at radius 2 is 1.74 bits per heavy atom. The number of likely N-dealkylation sites (tertiary alicyclic amines) is 1. The molecule has 162 valence electrons. The topological polar surface area (TPSA) is 79.0 Å². The van der Waals surface area contributed by atoms with Crippen LogP contribution in [0, 0.1) is 0 Å². The lowest BCUT2D eigenvalue weighted by Crippen LogP contribution is -2.38. The molecule has 0 saturated carbocycles. The number of amides is 2. The Morgan fingerprint density at radius 3 is 2.45 bits per heavy atom. The second-order valence-electron chi connectivity index (χ2n) is 8.01. The van der Waals surface area contributed by atoms with Crippen LogP contribution in [0.3, 0.4) is 0 Å². The van der Waals surface area contributed by atoms with Crippen molar-refractivity contribution in [3.8, 4) is 5.75 Å². The van der Waals surface area contributed by atoms with Gasteiger partial charge in [-0.05, 0) is 68.8 Å². The fourth-order valence-corrected chi connectivity index (χ4v) is 3.97. The second-order valence-corrected chi connectivity index (χ2v) is 8.01. The zero-order valence-corrected chi connectivity index (χ0v) is 17.7. The van der Waals surface area contributed by atoms with Crippen molar-refractivity contribution in [1.29, 1.82) is 0 Å². The Kier molecular flexibility index (Phi) is 6.32. The summed E-state index contributed by atoms with van der Waals surface area (Å²) in [5.41, 5.74) is 2.61. The highest BCUT2D eigenvalue weighted by molar-refractivity contribution is 6.01. The Bertz CT molecular complexity index is 981. The number of hydrogen-bond donors (Lipinski definition) is 1. The average molecular weight is 421 g/mol. The third kappa shape index (κ3) is 4.94. The van der Waals surface area contributed by atoms with Gasteiger partial charge in [-0.25, -0.2) is 0 Å². The van der Waals surface area contributed by atoms with Crippen molar-refractivity contribution >= 4 is 23.3 Å². The van der Waals surface area contributed by atoms with Gasteiger partial charge in [0.1, 0.15) is 5.75 Å². The molecule has 2 aliphatic heterocycles. The maximum atomic E-state index is 12.5. The van der Waals surface area contributed by atoms with E-state index in [0.717, 1.165) is 25.2 Å². The van der Waals surface area contributed by atoms with Crippen LogP contribution in [0.15, 0.2) is 42.5 Å². The van der Waals surface area contributed by atoms with E-state index < -0.39 is 0 Å². The number of benzene rings is 2. The highest BCUT2D eigenvalue weighted by Crippen LogP contribution is 2.34. The number of rotatable bonds is 7. The summed E-state index contributed by atoms with van der Waals surface area (Å²) in [6.45, 7) is 5.54. The van der Waals surface area contributed by atoms with Crippen molar-refractivity contribution in [1.82, 2.24) is 10.2 Å². The minimum Gasteiger partial charge on any atom is -0.482 e. The molecule has 2 aromatic carbocycles. The molecule has 0 radical (unpaired) electrons. The summed E-state index contributed by atoms with van der Waals surface area (Å²) < 4.78 is 5.50. The van der Waals surface area contributed by atoms with Crippen LogP contribution in [-0.4, -0.2) is 55.3 Å². The van der Waals surface area contributed by atoms with Crippen molar-refractivity contribution in [2.75, 3.05) is 37.7 Å². The van der Waals surface area contributed by atoms with Crippen LogP contribution in [0.25, 0.3) is 0 Å². The summed E-state index contributed by atoms with van der Waals surface area (Å²) in [5.74, 6) is 0.251. The molecule has 0 bridgehead atoms. The number of nitrogens with zero attached hydrogens (tertiary/aromatic N) is 2. The van der Waals surface area contributed by atoms with E-state index in [1.54, 1.807) is 35.2 Å². The normalized spacial score (nSPS) is 16.0. The molecule has 2 aliphatic rings. The summed E-state index contributed by atoms with van der Waals surface area (Å²) >= 11 is 0. The molecule has 1 fully saturated rings. The zero-order valence-electron chi connectivity index (χ0n) is 17.7. The number of carbonyl (C=O) groups excluding carboxylic acids is 3. The van der Waals surface area contributed by atoms with E-state index in [-0.39, 0.29) is 24.2 Å². The first-order chi connectivity index (χ1) is 15.0. The van der Waals surface area contributed by atoms with E-state index in [0.29, 0.717) is 35.7 Å². The average Bonchev–Trinajstić information content (AvgIpc) is 3.29. The largest absolute Gasteiger partial charge is 0.482 e. The van der Waals surface area contributed by atoms with Crippen LogP contribution in [0.1, 0.15) is 46.0 Å². The van der Waals surface area contributed by atoms with Crippen LogP contribution in [0.5, 0.6) is 5.75 Å². The lowest BCUT2D eigenvalue weighted by Gasteiger charge is -2.29. The van der Waals surface area contributed by atoms with Gasteiger partial charge in [-0.15, -0.1) is 0 Å². The lowest BCUT2D eigenvalue weighted by molar-refractivity contribution is -0.121. The molecule has 1 saturated heterocycles. The molecule has 0 spiro atoms. The summed E-state index contributed by atoms with van der Waals surface area (Å²) in [7, 11) is 0. The number of ketones is 1. The minimum atomic E-state index is -0.170. The molecular weight excluding hydrogens is 394 g/mol. The van der Waals surface area contributed by atoms with Crippen molar-refractivity contribution in [2.24, 2.45) is 0 Å². The van der Waals surface area contributed by atoms with Gasteiger partial charge in [-0.3, -0.25) is 14.4 Å². The molecule has 4 rings (SSSR count). The van der Waals surface area contributed by atoms with Crippen LogP contribution in [-0.2, 0) is 11.3 Å². The van der Waals surface area contributed by atoms with Crippen molar-refractivity contribution < 1.29 is 19.1 Å². The van der Waals surface area contributed by atoms with E-state index in [2.05, 4.69) is 10.2 Å². The quantitative estimate of drug-likeness (QED) is 0.696. The monoisotopic (exact) mass is 421 g/mol. The Morgan fingerprint density at radius 1 is 1.03 bits per heavy atom. The van der Waals surface area contributed by atoms with Crippen LogP contribution < -0.4 is 15.0 Å². The first-order valence-corrected chi connectivity index (χ1v) is 10.7. The number of hydrogen-bond acceptors (Lipinski definition) is 5. The molecule has 2 amide bonds. The number of anilines is 1. The molecule has 0 aromatic heterocycles. The summed E-state index contributed by atoms with van der Waals surface area (Å²) in [6, 6.07) is 12.4. The molecule has 1 N–H and O–H groups in total. The minimum absolute atomic E-state index is 0.0378. The van der Waals surface area contributed by atoms with E-state index in [9.17, 15) is 14.4 Å². The summed E-state index contributed by atoms with van der Waals surface area (Å²) in [6.07, 6.45) is 2.48. The maximum Gasteiger partial charge on any atom is 0.265 e. The zero-order chi connectivity index (χ0) is 21.8.